The van der Waals surface area contributed by atoms with Gasteiger partial charge < -0.3 is 59.6 Å². The van der Waals surface area contributed by atoms with Crippen molar-refractivity contribution in [1.82, 2.24) is 0 Å². The van der Waals surface area contributed by atoms with Crippen molar-refractivity contribution in [3.63, 3.8) is 0 Å². The highest BCUT2D eigenvalue weighted by atomic mass is 17.1. The van der Waals surface area contributed by atoms with Crippen molar-refractivity contribution in [2.45, 2.75) is 25.2 Å². The molecule has 18 heteroatoms. The third-order valence-corrected chi connectivity index (χ3v) is 8.46. The van der Waals surface area contributed by atoms with Crippen LogP contribution in [0.4, 0.5) is 17.1 Å². The van der Waals surface area contributed by atoms with E-state index in [0.29, 0.717) is 17.1 Å². The summed E-state index contributed by atoms with van der Waals surface area (Å²) in [7, 11) is 0. The fourth-order valence-corrected chi connectivity index (χ4v) is 5.59. The van der Waals surface area contributed by atoms with Crippen molar-refractivity contribution < 1.29 is 60.8 Å². The van der Waals surface area contributed by atoms with Crippen LogP contribution in [-0.2, 0) is 43.6 Å². The van der Waals surface area contributed by atoms with E-state index < -0.39 is 17.9 Å². The molecule has 18 nitrogen and oxygen atoms in total. The fraction of sp³-hybridized carbons (Fsp3) is 0.270. The zero-order valence-electron chi connectivity index (χ0n) is 30.0. The second-order valence-electron chi connectivity index (χ2n) is 12.1. The Labute approximate surface area is 318 Å². The summed E-state index contributed by atoms with van der Waals surface area (Å²) in [4.78, 5) is 66.3. The van der Waals surface area contributed by atoms with Gasteiger partial charge in [-0.2, -0.15) is 17.7 Å². The average molecular weight is 766 g/mol. The van der Waals surface area contributed by atoms with Gasteiger partial charge in [0, 0.05) is 63.3 Å². The van der Waals surface area contributed by atoms with E-state index in [1.54, 1.807) is 51.1 Å². The standard InChI is InChI=1S/C37H46N6O12.H2/c1-25(53-47)16-19-41(22-34(44)50-38)31-10-4-28(5-11-31)37(29-6-12-32(13-7-29)42(23-35(45)51-39)20-17-26(2)54-48)30-8-14-33(15-9-30)43(24-36(46)52-40)21-18-27(3)55-49;/h4-15,37,47-49H,1-3,16-24,38-40H2;1H/p-3. The molecule has 0 saturated carbocycles. The second kappa shape index (κ2) is 22.2. The highest BCUT2D eigenvalue weighted by Crippen LogP contribution is 2.35. The van der Waals surface area contributed by atoms with E-state index in [4.69, 9.17) is 17.7 Å². The maximum absolute atomic E-state index is 12.1. The highest BCUT2D eigenvalue weighted by Gasteiger charge is 2.21. The van der Waals surface area contributed by atoms with Crippen molar-refractivity contribution in [1.29, 1.82) is 0 Å². The van der Waals surface area contributed by atoms with Crippen LogP contribution in [-0.4, -0.2) is 57.2 Å². The maximum Gasteiger partial charge on any atom is 0.343 e. The Morgan fingerprint density at radius 1 is 0.509 bits per heavy atom. The molecule has 55 heavy (non-hydrogen) atoms. The predicted octanol–water partition coefficient (Wildman–Crippen LogP) is 0.370. The molecule has 0 saturated heterocycles. The van der Waals surface area contributed by atoms with Gasteiger partial charge in [0.05, 0.1) is 17.3 Å². The number of benzene rings is 3. The van der Waals surface area contributed by atoms with Crippen LogP contribution in [0.15, 0.2) is 110 Å². The Balaban J connectivity index is 0.0000108. The molecule has 3 aromatic rings. The van der Waals surface area contributed by atoms with Crippen molar-refractivity contribution in [3.05, 3.63) is 127 Å². The van der Waals surface area contributed by atoms with E-state index in [0.717, 1.165) is 16.7 Å². The Morgan fingerprint density at radius 3 is 0.945 bits per heavy atom. The van der Waals surface area contributed by atoms with Gasteiger partial charge in [-0.25, -0.2) is 14.4 Å². The number of carbonyl (C=O) groups excluding carboxylic acids is 3. The van der Waals surface area contributed by atoms with Crippen molar-refractivity contribution in [2.24, 2.45) is 17.7 Å². The number of nitrogens with two attached hydrogens (primary N) is 3. The SMILES string of the molecule is C=C(CCN(CC(=O)ON)c1ccc(C(c2ccc(N(CCC(=C)O[O-])CC(=O)ON)cc2)c2ccc(N(CCC(=C)O[O-])CC(=O)ON)cc2)cc1)O[O-].[HH]. The highest BCUT2D eigenvalue weighted by molar-refractivity contribution is 5.77. The topological polar surface area (TPSA) is 264 Å². The first-order valence-corrected chi connectivity index (χ1v) is 16.6. The van der Waals surface area contributed by atoms with Gasteiger partial charge >= 0.3 is 17.9 Å². The quantitative estimate of drug-likeness (QED) is 0.0481. The zero-order chi connectivity index (χ0) is 40.3. The summed E-state index contributed by atoms with van der Waals surface area (Å²) in [6.07, 6.45) is 0.418. The van der Waals surface area contributed by atoms with Gasteiger partial charge in [-0.1, -0.05) is 56.1 Å². The van der Waals surface area contributed by atoms with Crippen molar-refractivity contribution in [2.75, 3.05) is 54.0 Å². The number of anilines is 3. The first-order chi connectivity index (χ1) is 26.5. The summed E-state index contributed by atoms with van der Waals surface area (Å²) < 4.78 is 0. The maximum atomic E-state index is 12.1. The zero-order valence-corrected chi connectivity index (χ0v) is 30.0. The molecule has 0 aromatic heterocycles. The lowest BCUT2D eigenvalue weighted by Crippen LogP contribution is -2.33. The molecular formula is C37H45N6O12-3. The Morgan fingerprint density at radius 2 is 0.745 bits per heavy atom. The molecule has 0 aliphatic carbocycles. The summed E-state index contributed by atoms with van der Waals surface area (Å²) in [5, 5.41) is 32.4. The van der Waals surface area contributed by atoms with Crippen molar-refractivity contribution >= 4 is 35.0 Å². The fourth-order valence-electron chi connectivity index (χ4n) is 5.59. The summed E-state index contributed by atoms with van der Waals surface area (Å²) >= 11 is 0. The van der Waals surface area contributed by atoms with Gasteiger partial charge in [0.2, 0.25) is 0 Å². The first-order valence-electron chi connectivity index (χ1n) is 16.6. The minimum atomic E-state index is -0.701. The molecule has 0 radical (unpaired) electrons. The van der Waals surface area contributed by atoms with Crippen LogP contribution >= 0.6 is 0 Å². The van der Waals surface area contributed by atoms with E-state index in [9.17, 15) is 30.2 Å². The molecule has 6 N–H and O–H groups in total. The summed E-state index contributed by atoms with van der Waals surface area (Å²) in [6, 6.07) is 22.0. The lowest BCUT2D eigenvalue weighted by molar-refractivity contribution is -0.672. The summed E-state index contributed by atoms with van der Waals surface area (Å²) in [6.45, 7) is 10.6. The van der Waals surface area contributed by atoms with Crippen LogP contribution in [0.25, 0.3) is 0 Å². The van der Waals surface area contributed by atoms with Gasteiger partial charge in [0.1, 0.15) is 19.6 Å². The Hall–Kier alpha value is -6.15. The first kappa shape index (κ1) is 43.3. The van der Waals surface area contributed by atoms with Gasteiger partial charge in [-0.3, -0.25) is 0 Å². The third-order valence-electron chi connectivity index (χ3n) is 8.46. The van der Waals surface area contributed by atoms with Gasteiger partial charge in [0.15, 0.2) is 0 Å². The predicted molar refractivity (Wildman–Crippen MR) is 194 cm³/mol. The molecule has 0 atom stereocenters. The smallest absolute Gasteiger partial charge is 0.343 e. The molecule has 0 aliphatic rings. The van der Waals surface area contributed by atoms with Crippen molar-refractivity contribution in [3.8, 4) is 0 Å². The minimum absolute atomic E-state index is 0. The van der Waals surface area contributed by atoms with Gasteiger partial charge in [-0.15, -0.1) is 0 Å². The number of hydrogen-bond acceptors (Lipinski definition) is 18. The molecule has 3 aromatic carbocycles. The van der Waals surface area contributed by atoms with Crippen LogP contribution in [0.5, 0.6) is 0 Å². The number of rotatable bonds is 24. The molecule has 3 rings (SSSR count). The summed E-state index contributed by atoms with van der Waals surface area (Å²) in [5.74, 6) is 12.7. The van der Waals surface area contributed by atoms with Crippen LogP contribution in [0.1, 0.15) is 43.3 Å². The van der Waals surface area contributed by atoms with Crippen LogP contribution in [0.2, 0.25) is 0 Å². The van der Waals surface area contributed by atoms with E-state index in [1.807, 2.05) is 36.4 Å². The molecule has 0 aliphatic heterocycles. The van der Waals surface area contributed by atoms with Gasteiger partial charge in [0.25, 0.3) is 0 Å². The van der Waals surface area contributed by atoms with Gasteiger partial charge in [-0.05, 0) is 53.1 Å². The van der Waals surface area contributed by atoms with E-state index in [2.05, 4.69) is 48.9 Å². The monoisotopic (exact) mass is 765 g/mol. The Bertz CT molecular complexity index is 1540. The lowest BCUT2D eigenvalue weighted by Gasteiger charge is -2.27. The number of nitrogens with zero attached hydrogens (tertiary/aromatic N) is 3. The molecule has 0 heterocycles. The normalized spacial score (nSPS) is 10.5. The largest absolute Gasteiger partial charge is 0.664 e. The van der Waals surface area contributed by atoms with E-state index >= 15 is 0 Å². The van der Waals surface area contributed by atoms with Crippen LogP contribution in [0.3, 0.4) is 0 Å². The number of hydrogen-bond donors (Lipinski definition) is 3. The minimum Gasteiger partial charge on any atom is -0.664 e. The van der Waals surface area contributed by atoms with Crippen LogP contribution in [0, 0.1) is 0 Å². The molecule has 0 bridgehead atoms. The molecule has 0 unspecified atom stereocenters. The second-order valence-corrected chi connectivity index (χ2v) is 12.1. The molecular weight excluding hydrogens is 720 g/mol. The van der Waals surface area contributed by atoms with E-state index in [1.165, 1.54) is 0 Å². The average Bonchev–Trinajstić information content (AvgIpc) is 3.22. The lowest BCUT2D eigenvalue weighted by atomic mass is 9.85. The van der Waals surface area contributed by atoms with Crippen LogP contribution < -0.4 is 48.2 Å². The third kappa shape index (κ3) is 13.3. The molecule has 0 fully saturated rings. The Kier molecular flexibility index (Phi) is 17.4. The van der Waals surface area contributed by atoms with E-state index in [-0.39, 0.29) is 83.2 Å². The summed E-state index contributed by atoms with van der Waals surface area (Å²) in [5.41, 5.74) is 4.35. The molecule has 298 valence electrons. The molecule has 0 spiro atoms. The molecule has 0 amide bonds. The number of carbonyl (C=O) groups is 3.